The van der Waals surface area contributed by atoms with Gasteiger partial charge in [0.1, 0.15) is 10.7 Å². The van der Waals surface area contributed by atoms with Crippen LogP contribution >= 0.6 is 34.7 Å². The first-order valence-electron chi connectivity index (χ1n) is 11.9. The van der Waals surface area contributed by atoms with Crippen LogP contribution in [0.25, 0.3) is 17.1 Å². The van der Waals surface area contributed by atoms with E-state index < -0.39 is 0 Å². The number of hydrogen-bond donors (Lipinski definition) is 1. The van der Waals surface area contributed by atoms with Crippen LogP contribution < -0.4 is 5.32 Å². The number of halogens is 1. The number of thiazole rings is 1. The van der Waals surface area contributed by atoms with E-state index in [1.165, 1.54) is 23.1 Å². The Balaban J connectivity index is 1.22. The van der Waals surface area contributed by atoms with Crippen LogP contribution in [0.5, 0.6) is 0 Å². The van der Waals surface area contributed by atoms with Crippen LogP contribution in [0.4, 0.5) is 0 Å². The summed E-state index contributed by atoms with van der Waals surface area (Å²) in [5.41, 5.74) is 2.15. The molecule has 192 valence electrons. The second-order valence-electron chi connectivity index (χ2n) is 8.34. The fourth-order valence-electron chi connectivity index (χ4n) is 3.92. The Morgan fingerprint density at radius 3 is 2.89 bits per heavy atom. The Morgan fingerprint density at radius 1 is 1.19 bits per heavy atom. The average molecular weight is 556 g/mol. The van der Waals surface area contributed by atoms with Crippen molar-refractivity contribution in [2.24, 2.45) is 0 Å². The molecule has 0 spiro atoms. The van der Waals surface area contributed by atoms with Gasteiger partial charge in [0.25, 0.3) is 5.91 Å². The topological polar surface area (TPSA) is 98.1 Å². The Hall–Kier alpha value is -2.83. The van der Waals surface area contributed by atoms with Crippen molar-refractivity contribution >= 4 is 40.6 Å². The Bertz CT molecular complexity index is 1330. The summed E-state index contributed by atoms with van der Waals surface area (Å²) in [5.74, 6) is 1.09. The summed E-state index contributed by atoms with van der Waals surface area (Å²) in [4.78, 5) is 23.7. The molecule has 1 aliphatic heterocycles. The van der Waals surface area contributed by atoms with Crippen molar-refractivity contribution in [3.05, 3.63) is 69.9 Å². The molecule has 1 saturated heterocycles. The first kappa shape index (κ1) is 25.8. The largest absolute Gasteiger partial charge is 0.379 e. The van der Waals surface area contributed by atoms with E-state index >= 15 is 0 Å². The molecule has 0 saturated carbocycles. The maximum atomic E-state index is 12.6. The van der Waals surface area contributed by atoms with Gasteiger partial charge in [-0.1, -0.05) is 29.4 Å². The molecule has 5 rings (SSSR count). The van der Waals surface area contributed by atoms with Crippen LogP contribution in [0.3, 0.4) is 0 Å². The fraction of sp³-hybridized carbons (Fsp3) is 0.320. The number of carbonyl (C=O) groups is 1. The van der Waals surface area contributed by atoms with E-state index in [0.29, 0.717) is 34.0 Å². The highest BCUT2D eigenvalue weighted by Crippen LogP contribution is 2.31. The van der Waals surface area contributed by atoms with Gasteiger partial charge in [-0.3, -0.25) is 19.2 Å². The molecule has 0 bridgehead atoms. The van der Waals surface area contributed by atoms with Crippen LogP contribution in [0.15, 0.2) is 59.3 Å². The van der Waals surface area contributed by atoms with Gasteiger partial charge in [-0.15, -0.1) is 21.5 Å². The molecule has 9 nitrogen and oxygen atoms in total. The van der Waals surface area contributed by atoms with Gasteiger partial charge in [-0.25, -0.2) is 4.98 Å². The number of nitrogens with one attached hydrogen (secondary N) is 1. The van der Waals surface area contributed by atoms with Gasteiger partial charge in [0.05, 0.1) is 24.7 Å². The van der Waals surface area contributed by atoms with Crippen LogP contribution in [-0.2, 0) is 10.5 Å². The maximum Gasteiger partial charge on any atom is 0.270 e. The van der Waals surface area contributed by atoms with E-state index in [-0.39, 0.29) is 5.91 Å². The van der Waals surface area contributed by atoms with Gasteiger partial charge >= 0.3 is 0 Å². The molecule has 1 amide bonds. The van der Waals surface area contributed by atoms with Gasteiger partial charge in [-0.2, -0.15) is 0 Å². The molecule has 37 heavy (non-hydrogen) atoms. The highest BCUT2D eigenvalue weighted by Gasteiger charge is 2.18. The second kappa shape index (κ2) is 12.6. The number of nitrogens with zero attached hydrogens (tertiary/aromatic N) is 6. The number of ether oxygens (including phenoxy) is 1. The summed E-state index contributed by atoms with van der Waals surface area (Å²) in [6, 6.07) is 11.4. The lowest BCUT2D eigenvalue weighted by Gasteiger charge is -2.26. The standard InChI is InChI=1S/C25H26ClN7O2S2/c26-19-5-1-6-20(14-19)33-23(18-4-2-7-27-15-18)30-31-25(33)37-17-22-29-21(16-36-22)24(34)28-8-3-9-32-10-12-35-13-11-32/h1-2,4-7,14-16H,3,8-13,17H2,(H,28,34). The van der Waals surface area contributed by atoms with Gasteiger partial charge in [-0.05, 0) is 43.3 Å². The van der Waals surface area contributed by atoms with Crippen molar-refractivity contribution < 1.29 is 9.53 Å². The van der Waals surface area contributed by atoms with Crippen molar-refractivity contribution in [3.63, 3.8) is 0 Å². The van der Waals surface area contributed by atoms with Crippen molar-refractivity contribution in [3.8, 4) is 17.1 Å². The summed E-state index contributed by atoms with van der Waals surface area (Å²) in [6.07, 6.45) is 4.38. The molecule has 0 aliphatic carbocycles. The summed E-state index contributed by atoms with van der Waals surface area (Å²) in [7, 11) is 0. The number of carbonyl (C=O) groups excluding carboxylic acids is 1. The maximum absolute atomic E-state index is 12.6. The normalized spacial score (nSPS) is 14.1. The molecule has 4 aromatic rings. The summed E-state index contributed by atoms with van der Waals surface area (Å²) in [6.45, 7) is 5.05. The Labute approximate surface area is 228 Å². The molecule has 3 aromatic heterocycles. The number of morpholine rings is 1. The quantitative estimate of drug-likeness (QED) is 0.230. The lowest BCUT2D eigenvalue weighted by molar-refractivity contribution is 0.0374. The zero-order valence-electron chi connectivity index (χ0n) is 20.0. The van der Waals surface area contributed by atoms with Crippen molar-refractivity contribution in [2.75, 3.05) is 39.4 Å². The molecule has 1 aliphatic rings. The third kappa shape index (κ3) is 6.74. The van der Waals surface area contributed by atoms with Crippen molar-refractivity contribution in [2.45, 2.75) is 17.3 Å². The van der Waals surface area contributed by atoms with Gasteiger partial charge in [0.2, 0.25) is 0 Å². The predicted octanol–water partition coefficient (Wildman–Crippen LogP) is 4.18. The molecular weight excluding hydrogens is 530 g/mol. The van der Waals surface area contributed by atoms with E-state index in [4.69, 9.17) is 16.3 Å². The molecular formula is C25H26ClN7O2S2. The number of rotatable bonds is 10. The minimum Gasteiger partial charge on any atom is -0.379 e. The van der Waals surface area contributed by atoms with Crippen LogP contribution in [0, 0.1) is 0 Å². The summed E-state index contributed by atoms with van der Waals surface area (Å²) >= 11 is 9.24. The number of pyridine rings is 1. The minimum atomic E-state index is -0.143. The molecule has 1 aromatic carbocycles. The zero-order valence-corrected chi connectivity index (χ0v) is 22.4. The first-order chi connectivity index (χ1) is 18.2. The molecule has 0 radical (unpaired) electrons. The number of thioether (sulfide) groups is 1. The van der Waals surface area contributed by atoms with Gasteiger partial charge < -0.3 is 10.1 Å². The first-order valence-corrected chi connectivity index (χ1v) is 14.2. The summed E-state index contributed by atoms with van der Waals surface area (Å²) < 4.78 is 7.33. The highest BCUT2D eigenvalue weighted by atomic mass is 35.5. The lowest BCUT2D eigenvalue weighted by atomic mass is 10.2. The van der Waals surface area contributed by atoms with E-state index in [2.05, 4.69) is 30.4 Å². The number of aromatic nitrogens is 5. The van der Waals surface area contributed by atoms with Crippen LogP contribution in [-0.4, -0.2) is 74.9 Å². The Kier molecular flexibility index (Phi) is 8.80. The van der Waals surface area contributed by atoms with E-state index in [9.17, 15) is 4.79 Å². The highest BCUT2D eigenvalue weighted by molar-refractivity contribution is 7.98. The minimum absolute atomic E-state index is 0.143. The van der Waals surface area contributed by atoms with Gasteiger partial charge in [0.15, 0.2) is 11.0 Å². The predicted molar refractivity (Wildman–Crippen MR) is 145 cm³/mol. The van der Waals surface area contributed by atoms with E-state index in [1.807, 2.05) is 41.0 Å². The molecule has 0 unspecified atom stereocenters. The third-order valence-corrected chi connectivity index (χ3v) is 7.98. The zero-order chi connectivity index (χ0) is 25.5. The molecule has 12 heteroatoms. The molecule has 1 N–H and O–H groups in total. The van der Waals surface area contributed by atoms with E-state index in [1.54, 1.807) is 17.8 Å². The van der Waals surface area contributed by atoms with Gasteiger partial charge in [0, 0.05) is 48.0 Å². The number of benzene rings is 1. The average Bonchev–Trinajstić information content (AvgIpc) is 3.58. The third-order valence-electron chi connectivity index (χ3n) is 5.77. The van der Waals surface area contributed by atoms with Crippen LogP contribution in [0.1, 0.15) is 21.9 Å². The molecule has 1 fully saturated rings. The Morgan fingerprint density at radius 2 is 2.08 bits per heavy atom. The number of hydrogen-bond acceptors (Lipinski definition) is 9. The second-order valence-corrected chi connectivity index (χ2v) is 10.7. The van der Waals surface area contributed by atoms with Crippen molar-refractivity contribution in [1.82, 2.24) is 34.9 Å². The summed E-state index contributed by atoms with van der Waals surface area (Å²) in [5, 5.41) is 15.8. The van der Waals surface area contributed by atoms with Crippen LogP contribution in [0.2, 0.25) is 5.02 Å². The van der Waals surface area contributed by atoms with E-state index in [0.717, 1.165) is 55.5 Å². The monoisotopic (exact) mass is 555 g/mol. The smallest absolute Gasteiger partial charge is 0.270 e. The lowest BCUT2D eigenvalue weighted by Crippen LogP contribution is -2.38. The molecule has 4 heterocycles. The fourth-order valence-corrected chi connectivity index (χ4v) is 5.85. The SMILES string of the molecule is O=C(NCCCN1CCOCC1)c1csc(CSc2nnc(-c3cccnc3)n2-c2cccc(Cl)c2)n1. The molecule has 0 atom stereocenters. The van der Waals surface area contributed by atoms with Crippen molar-refractivity contribution in [1.29, 1.82) is 0 Å². The number of amides is 1.